The van der Waals surface area contributed by atoms with Crippen LogP contribution in [-0.2, 0) is 20.8 Å². The standard InChI is InChI=1S/C24H28N4O4/c1-15(14-31-2)26-18-11-19-20(27-23(29)17-9-10-17)21(24(30)32-3)28(22(19)25-12-18)13-16-7-5-4-6-8-16/h4-8,11-12,15,17,26H,9-10,13-14H2,1-3H3,(H,27,29)/t15-/m1/s1. The number of methoxy groups -OCH3 is 2. The maximum Gasteiger partial charge on any atom is 0.356 e. The molecule has 8 heteroatoms. The van der Waals surface area contributed by atoms with Gasteiger partial charge >= 0.3 is 5.97 Å². The Kier molecular flexibility index (Phi) is 6.41. The summed E-state index contributed by atoms with van der Waals surface area (Å²) >= 11 is 0. The molecule has 1 saturated carbocycles. The molecule has 168 valence electrons. The topological polar surface area (TPSA) is 94.5 Å². The molecule has 1 aliphatic carbocycles. The minimum atomic E-state index is -0.521. The van der Waals surface area contributed by atoms with E-state index in [-0.39, 0.29) is 23.6 Å². The molecule has 1 aromatic carbocycles. The summed E-state index contributed by atoms with van der Waals surface area (Å²) in [4.78, 5) is 30.2. The molecule has 3 aromatic rings. The quantitative estimate of drug-likeness (QED) is 0.497. The summed E-state index contributed by atoms with van der Waals surface area (Å²) in [6, 6.07) is 11.8. The second-order valence-electron chi connectivity index (χ2n) is 8.15. The van der Waals surface area contributed by atoms with E-state index in [4.69, 9.17) is 9.47 Å². The lowest BCUT2D eigenvalue weighted by Gasteiger charge is -2.14. The first-order valence-electron chi connectivity index (χ1n) is 10.7. The molecule has 2 aromatic heterocycles. The SMILES string of the molecule is COC[C@@H](C)Nc1cnc2c(c1)c(NC(=O)C1CC1)c(C(=O)OC)n2Cc1ccccc1. The van der Waals surface area contributed by atoms with Gasteiger partial charge in [-0.25, -0.2) is 9.78 Å². The van der Waals surface area contributed by atoms with Crippen LogP contribution in [0.3, 0.4) is 0 Å². The summed E-state index contributed by atoms with van der Waals surface area (Å²) in [5.74, 6) is -0.615. The summed E-state index contributed by atoms with van der Waals surface area (Å²) in [6.07, 6.45) is 3.45. The molecule has 32 heavy (non-hydrogen) atoms. The maximum atomic E-state index is 12.9. The fourth-order valence-electron chi connectivity index (χ4n) is 3.81. The molecule has 8 nitrogen and oxygen atoms in total. The number of fused-ring (bicyclic) bond motifs is 1. The van der Waals surface area contributed by atoms with E-state index >= 15 is 0 Å². The van der Waals surface area contributed by atoms with Crippen LogP contribution in [0.4, 0.5) is 11.4 Å². The van der Waals surface area contributed by atoms with Gasteiger partial charge in [0.2, 0.25) is 5.91 Å². The zero-order valence-corrected chi connectivity index (χ0v) is 18.6. The summed E-state index contributed by atoms with van der Waals surface area (Å²) in [5, 5.41) is 7.02. The number of anilines is 2. The summed E-state index contributed by atoms with van der Waals surface area (Å²) in [5.41, 5.74) is 3.11. The number of carbonyl (C=O) groups excluding carboxylic acids is 2. The van der Waals surface area contributed by atoms with Crippen LogP contribution in [0.25, 0.3) is 11.0 Å². The Bertz CT molecular complexity index is 1120. The predicted molar refractivity (Wildman–Crippen MR) is 123 cm³/mol. The van der Waals surface area contributed by atoms with Crippen LogP contribution in [0.1, 0.15) is 35.8 Å². The fraction of sp³-hybridized carbons (Fsp3) is 0.375. The number of ether oxygens (including phenoxy) is 2. The molecule has 0 spiro atoms. The van der Waals surface area contributed by atoms with Crippen molar-refractivity contribution >= 4 is 34.3 Å². The van der Waals surface area contributed by atoms with Crippen molar-refractivity contribution in [2.75, 3.05) is 31.5 Å². The Morgan fingerprint density at radius 1 is 1.22 bits per heavy atom. The molecule has 0 bridgehead atoms. The van der Waals surface area contributed by atoms with Crippen LogP contribution in [0.5, 0.6) is 0 Å². The number of amides is 1. The Morgan fingerprint density at radius 3 is 2.62 bits per heavy atom. The van der Waals surface area contributed by atoms with Crippen molar-refractivity contribution in [1.29, 1.82) is 0 Å². The van der Waals surface area contributed by atoms with Crippen LogP contribution >= 0.6 is 0 Å². The third-order valence-corrected chi connectivity index (χ3v) is 5.49. The number of esters is 1. The van der Waals surface area contributed by atoms with Gasteiger partial charge in [0.05, 0.1) is 31.3 Å². The van der Waals surface area contributed by atoms with Gasteiger partial charge in [-0.2, -0.15) is 0 Å². The number of hydrogen-bond acceptors (Lipinski definition) is 6. The number of nitrogens with one attached hydrogen (secondary N) is 2. The maximum absolute atomic E-state index is 12.9. The lowest BCUT2D eigenvalue weighted by Crippen LogP contribution is -2.20. The number of benzene rings is 1. The first-order chi connectivity index (χ1) is 15.5. The second kappa shape index (κ2) is 9.40. The van der Waals surface area contributed by atoms with Crippen molar-refractivity contribution in [2.24, 2.45) is 5.92 Å². The average molecular weight is 437 g/mol. The van der Waals surface area contributed by atoms with Gasteiger partial charge in [0.25, 0.3) is 0 Å². The molecule has 0 radical (unpaired) electrons. The smallest absolute Gasteiger partial charge is 0.356 e. The first-order valence-corrected chi connectivity index (χ1v) is 10.7. The van der Waals surface area contributed by atoms with E-state index in [9.17, 15) is 9.59 Å². The molecule has 1 atom stereocenters. The average Bonchev–Trinajstić information content (AvgIpc) is 3.60. The van der Waals surface area contributed by atoms with Gasteiger partial charge in [0.1, 0.15) is 5.65 Å². The van der Waals surface area contributed by atoms with Crippen molar-refractivity contribution in [2.45, 2.75) is 32.4 Å². The highest BCUT2D eigenvalue weighted by molar-refractivity contribution is 6.11. The third-order valence-electron chi connectivity index (χ3n) is 5.49. The largest absolute Gasteiger partial charge is 0.464 e. The molecular weight excluding hydrogens is 408 g/mol. The lowest BCUT2D eigenvalue weighted by atomic mass is 10.2. The Labute approximate surface area is 186 Å². The van der Waals surface area contributed by atoms with E-state index < -0.39 is 5.97 Å². The minimum absolute atomic E-state index is 0.0102. The Morgan fingerprint density at radius 2 is 1.97 bits per heavy atom. The number of rotatable bonds is 9. The third kappa shape index (κ3) is 4.60. The second-order valence-corrected chi connectivity index (χ2v) is 8.15. The molecule has 4 rings (SSSR count). The van der Waals surface area contributed by atoms with Gasteiger partial charge in [-0.15, -0.1) is 0 Å². The highest BCUT2D eigenvalue weighted by Crippen LogP contribution is 2.36. The van der Waals surface area contributed by atoms with Gasteiger partial charge in [-0.05, 0) is 31.4 Å². The van der Waals surface area contributed by atoms with E-state index in [1.54, 1.807) is 17.9 Å². The summed E-state index contributed by atoms with van der Waals surface area (Å²) in [6.45, 7) is 2.95. The fourth-order valence-corrected chi connectivity index (χ4v) is 3.81. The minimum Gasteiger partial charge on any atom is -0.464 e. The monoisotopic (exact) mass is 436 g/mol. The van der Waals surface area contributed by atoms with Crippen LogP contribution in [0, 0.1) is 5.92 Å². The summed E-state index contributed by atoms with van der Waals surface area (Å²) in [7, 11) is 2.99. The van der Waals surface area contributed by atoms with Crippen molar-refractivity contribution in [3.8, 4) is 0 Å². The van der Waals surface area contributed by atoms with Crippen LogP contribution < -0.4 is 10.6 Å². The van der Waals surface area contributed by atoms with Crippen molar-refractivity contribution in [3.05, 3.63) is 53.9 Å². The van der Waals surface area contributed by atoms with Gasteiger partial charge in [0, 0.05) is 31.0 Å². The van der Waals surface area contributed by atoms with Gasteiger partial charge < -0.3 is 24.7 Å². The Hall–Kier alpha value is -3.39. The number of nitrogens with zero attached hydrogens (tertiary/aromatic N) is 2. The molecule has 1 aliphatic rings. The molecule has 2 heterocycles. The molecule has 0 saturated heterocycles. The molecule has 0 unspecified atom stereocenters. The predicted octanol–water partition coefficient (Wildman–Crippen LogP) is 3.67. The number of hydrogen-bond donors (Lipinski definition) is 2. The highest BCUT2D eigenvalue weighted by Gasteiger charge is 2.33. The highest BCUT2D eigenvalue weighted by atomic mass is 16.5. The molecule has 1 fully saturated rings. The van der Waals surface area contributed by atoms with Crippen molar-refractivity contribution in [3.63, 3.8) is 0 Å². The van der Waals surface area contributed by atoms with Gasteiger partial charge in [0.15, 0.2) is 5.69 Å². The van der Waals surface area contributed by atoms with E-state index in [1.165, 1.54) is 7.11 Å². The summed E-state index contributed by atoms with van der Waals surface area (Å²) < 4.78 is 12.1. The first kappa shape index (κ1) is 21.8. The Balaban J connectivity index is 1.85. The van der Waals surface area contributed by atoms with Crippen LogP contribution in [0.15, 0.2) is 42.6 Å². The van der Waals surface area contributed by atoms with Crippen molar-refractivity contribution in [1.82, 2.24) is 9.55 Å². The van der Waals surface area contributed by atoms with Crippen LogP contribution in [0.2, 0.25) is 0 Å². The van der Waals surface area contributed by atoms with Gasteiger partial charge in [-0.1, -0.05) is 30.3 Å². The van der Waals surface area contributed by atoms with E-state index in [2.05, 4.69) is 15.6 Å². The zero-order valence-electron chi connectivity index (χ0n) is 18.6. The zero-order chi connectivity index (χ0) is 22.7. The number of pyridine rings is 1. The van der Waals surface area contributed by atoms with Crippen molar-refractivity contribution < 1.29 is 19.1 Å². The normalized spacial score (nSPS) is 14.2. The van der Waals surface area contributed by atoms with E-state index in [1.807, 2.05) is 43.3 Å². The number of aromatic nitrogens is 2. The molecule has 1 amide bonds. The van der Waals surface area contributed by atoms with E-state index in [0.29, 0.717) is 29.9 Å². The van der Waals surface area contributed by atoms with Gasteiger partial charge in [-0.3, -0.25) is 4.79 Å². The molecule has 0 aliphatic heterocycles. The lowest BCUT2D eigenvalue weighted by molar-refractivity contribution is -0.117. The number of carbonyl (C=O) groups is 2. The molecular formula is C24H28N4O4. The molecule has 2 N–H and O–H groups in total. The van der Waals surface area contributed by atoms with E-state index in [0.717, 1.165) is 24.1 Å². The van der Waals surface area contributed by atoms with Crippen LogP contribution in [-0.4, -0.2) is 48.3 Å².